The minimum atomic E-state index is -0.435. The van der Waals surface area contributed by atoms with Crippen LogP contribution in [0.2, 0.25) is 0 Å². The number of nitrogens with zero attached hydrogens (tertiary/aromatic N) is 1. The van der Waals surface area contributed by atoms with Gasteiger partial charge >= 0.3 is 0 Å². The average Bonchev–Trinajstić information content (AvgIpc) is 3.26. The number of rotatable bonds is 4. The second kappa shape index (κ2) is 7.96. The fourth-order valence-corrected chi connectivity index (χ4v) is 4.08. The van der Waals surface area contributed by atoms with Gasteiger partial charge in [0.05, 0.1) is 6.26 Å². The zero-order chi connectivity index (χ0) is 18.6. The first kappa shape index (κ1) is 17.8. The fourth-order valence-electron chi connectivity index (χ4n) is 4.08. The topological polar surface area (TPSA) is 74.6 Å². The molecule has 4 rings (SSSR count). The number of nitrogens with one attached hydrogen (secondary N) is 2. The largest absolute Gasteiger partial charge is 0.459 e. The molecule has 142 valence electrons. The molecule has 0 radical (unpaired) electrons. The minimum absolute atomic E-state index is 0.0838. The molecule has 2 aromatic rings. The van der Waals surface area contributed by atoms with E-state index in [2.05, 4.69) is 28.8 Å². The fraction of sp³-hybridized carbons (Fsp3) is 0.429. The predicted octanol–water partition coefficient (Wildman–Crippen LogP) is 2.28. The Kier molecular flexibility index (Phi) is 5.25. The van der Waals surface area contributed by atoms with E-state index in [4.69, 9.17) is 4.42 Å². The van der Waals surface area contributed by atoms with Crippen LogP contribution in [-0.4, -0.2) is 42.4 Å². The van der Waals surface area contributed by atoms with Crippen LogP contribution in [0.4, 0.5) is 0 Å². The van der Waals surface area contributed by atoms with Crippen molar-refractivity contribution in [2.75, 3.05) is 19.6 Å². The third-order valence-electron chi connectivity index (χ3n) is 5.49. The van der Waals surface area contributed by atoms with Gasteiger partial charge in [0, 0.05) is 19.1 Å². The van der Waals surface area contributed by atoms with Crippen LogP contribution in [0.15, 0.2) is 47.1 Å². The van der Waals surface area contributed by atoms with Crippen LogP contribution in [0.1, 0.15) is 47.0 Å². The molecule has 3 heterocycles. The highest BCUT2D eigenvalue weighted by Gasteiger charge is 2.34. The van der Waals surface area contributed by atoms with Crippen LogP contribution in [0.25, 0.3) is 0 Å². The van der Waals surface area contributed by atoms with Crippen molar-refractivity contribution in [3.8, 4) is 0 Å². The van der Waals surface area contributed by atoms with E-state index in [0.717, 1.165) is 25.8 Å². The van der Waals surface area contributed by atoms with E-state index in [9.17, 15) is 9.59 Å². The van der Waals surface area contributed by atoms with Crippen LogP contribution in [-0.2, 0) is 11.2 Å². The molecule has 27 heavy (non-hydrogen) atoms. The number of hydrogen-bond donors (Lipinski definition) is 2. The Hall–Kier alpha value is -2.60. The van der Waals surface area contributed by atoms with Crippen molar-refractivity contribution < 1.29 is 14.0 Å². The Bertz CT molecular complexity index is 803. The quantitative estimate of drug-likeness (QED) is 0.869. The number of carbonyl (C=O) groups is 2. The van der Waals surface area contributed by atoms with Gasteiger partial charge in [0.25, 0.3) is 5.91 Å². The summed E-state index contributed by atoms with van der Waals surface area (Å²) >= 11 is 0. The van der Waals surface area contributed by atoms with E-state index in [1.807, 2.05) is 6.07 Å². The van der Waals surface area contributed by atoms with Gasteiger partial charge in [0.2, 0.25) is 5.91 Å². The number of hydrogen-bond acceptors (Lipinski definition) is 4. The molecule has 0 saturated carbocycles. The summed E-state index contributed by atoms with van der Waals surface area (Å²) in [6.07, 6.45) is 5.04. The maximum absolute atomic E-state index is 12.9. The smallest absolute Gasteiger partial charge is 0.290 e. The number of fused-ring (bicyclic) bond motifs is 1. The molecule has 0 aliphatic carbocycles. The molecule has 1 aromatic carbocycles. The number of amides is 2. The molecule has 2 unspecified atom stereocenters. The third-order valence-corrected chi connectivity index (χ3v) is 5.49. The molecule has 2 amide bonds. The van der Waals surface area contributed by atoms with Crippen molar-refractivity contribution in [3.63, 3.8) is 0 Å². The van der Waals surface area contributed by atoms with E-state index >= 15 is 0 Å². The van der Waals surface area contributed by atoms with Crippen LogP contribution in [0.5, 0.6) is 0 Å². The number of likely N-dealkylation sites (tertiary alicyclic amines) is 1. The summed E-state index contributed by atoms with van der Waals surface area (Å²) in [5.74, 6) is -0.00183. The van der Waals surface area contributed by atoms with Gasteiger partial charge in [0.15, 0.2) is 5.76 Å². The lowest BCUT2D eigenvalue weighted by atomic mass is 9.94. The standard InChI is InChI=1S/C21H25N3O3/c25-20(23-14-17-16-7-2-1-6-15(16)10-11-22-17)18-8-3-4-12-24(18)21(26)19-9-5-13-27-19/h1-2,5-7,9,13,17-18,22H,3-4,8,10-12,14H2,(H,23,25). The number of furan rings is 1. The summed E-state index contributed by atoms with van der Waals surface area (Å²) in [6.45, 7) is 2.02. The molecule has 2 aliphatic heterocycles. The first-order valence-electron chi connectivity index (χ1n) is 9.67. The van der Waals surface area contributed by atoms with Gasteiger partial charge in [-0.15, -0.1) is 0 Å². The lowest BCUT2D eigenvalue weighted by Crippen LogP contribution is -2.53. The van der Waals surface area contributed by atoms with Crippen LogP contribution in [0, 0.1) is 0 Å². The van der Waals surface area contributed by atoms with Crippen molar-refractivity contribution in [1.29, 1.82) is 0 Å². The molecular weight excluding hydrogens is 342 g/mol. The van der Waals surface area contributed by atoms with Crippen molar-refractivity contribution in [2.45, 2.75) is 37.8 Å². The molecule has 2 atom stereocenters. The van der Waals surface area contributed by atoms with Gasteiger partial charge in [-0.25, -0.2) is 0 Å². The third kappa shape index (κ3) is 3.76. The molecule has 1 fully saturated rings. The summed E-state index contributed by atoms with van der Waals surface area (Å²) in [5, 5.41) is 6.55. The van der Waals surface area contributed by atoms with E-state index in [0.29, 0.717) is 19.5 Å². The molecule has 0 bridgehead atoms. The van der Waals surface area contributed by atoms with E-state index < -0.39 is 6.04 Å². The highest BCUT2D eigenvalue weighted by atomic mass is 16.3. The van der Waals surface area contributed by atoms with Crippen molar-refractivity contribution in [3.05, 3.63) is 59.5 Å². The number of carbonyl (C=O) groups excluding carboxylic acids is 2. The van der Waals surface area contributed by atoms with E-state index in [1.165, 1.54) is 17.4 Å². The van der Waals surface area contributed by atoms with E-state index in [-0.39, 0.29) is 23.6 Å². The number of benzene rings is 1. The van der Waals surface area contributed by atoms with Crippen molar-refractivity contribution in [1.82, 2.24) is 15.5 Å². The van der Waals surface area contributed by atoms with Crippen molar-refractivity contribution in [2.24, 2.45) is 0 Å². The Balaban J connectivity index is 1.42. The Morgan fingerprint density at radius 2 is 2.07 bits per heavy atom. The van der Waals surface area contributed by atoms with Crippen molar-refractivity contribution >= 4 is 11.8 Å². The lowest BCUT2D eigenvalue weighted by molar-refractivity contribution is -0.126. The van der Waals surface area contributed by atoms with Gasteiger partial charge in [-0.2, -0.15) is 0 Å². The van der Waals surface area contributed by atoms with Gasteiger partial charge < -0.3 is 20.0 Å². The van der Waals surface area contributed by atoms with E-state index in [1.54, 1.807) is 17.0 Å². The highest BCUT2D eigenvalue weighted by Crippen LogP contribution is 2.23. The zero-order valence-corrected chi connectivity index (χ0v) is 15.3. The summed E-state index contributed by atoms with van der Waals surface area (Å²) < 4.78 is 5.24. The maximum atomic E-state index is 12.9. The zero-order valence-electron chi connectivity index (χ0n) is 15.3. The van der Waals surface area contributed by atoms with Crippen LogP contribution < -0.4 is 10.6 Å². The highest BCUT2D eigenvalue weighted by molar-refractivity contribution is 5.95. The Morgan fingerprint density at radius 3 is 2.93 bits per heavy atom. The first-order chi connectivity index (χ1) is 13.2. The Labute approximate surface area is 158 Å². The van der Waals surface area contributed by atoms with Gasteiger partial charge in [0.1, 0.15) is 6.04 Å². The normalized spacial score (nSPS) is 22.1. The van der Waals surface area contributed by atoms with Crippen LogP contribution in [0.3, 0.4) is 0 Å². The lowest BCUT2D eigenvalue weighted by Gasteiger charge is -2.35. The first-order valence-corrected chi connectivity index (χ1v) is 9.67. The van der Waals surface area contributed by atoms with Gasteiger partial charge in [-0.1, -0.05) is 24.3 Å². The molecule has 1 saturated heterocycles. The summed E-state index contributed by atoms with van der Waals surface area (Å²) in [4.78, 5) is 27.2. The molecule has 6 nitrogen and oxygen atoms in total. The second-order valence-corrected chi connectivity index (χ2v) is 7.19. The molecular formula is C21H25N3O3. The number of piperidine rings is 1. The molecule has 6 heteroatoms. The second-order valence-electron chi connectivity index (χ2n) is 7.19. The molecule has 0 spiro atoms. The van der Waals surface area contributed by atoms with Gasteiger partial charge in [-0.3, -0.25) is 9.59 Å². The average molecular weight is 367 g/mol. The monoisotopic (exact) mass is 367 g/mol. The Morgan fingerprint density at radius 1 is 1.19 bits per heavy atom. The molecule has 2 aliphatic rings. The summed E-state index contributed by atoms with van der Waals surface area (Å²) in [7, 11) is 0. The minimum Gasteiger partial charge on any atom is -0.459 e. The maximum Gasteiger partial charge on any atom is 0.290 e. The summed E-state index contributed by atoms with van der Waals surface area (Å²) in [6, 6.07) is 11.4. The summed E-state index contributed by atoms with van der Waals surface area (Å²) in [5.41, 5.74) is 2.58. The van der Waals surface area contributed by atoms with Crippen LogP contribution >= 0.6 is 0 Å². The molecule has 1 aromatic heterocycles. The van der Waals surface area contributed by atoms with Gasteiger partial charge in [-0.05, 0) is 55.5 Å². The molecule has 2 N–H and O–H groups in total. The SMILES string of the molecule is O=C(NCC1NCCc2ccccc21)C1CCCCN1C(=O)c1ccco1. The predicted molar refractivity (Wildman–Crippen MR) is 101 cm³/mol.